The molecule has 25 heavy (non-hydrogen) atoms. The highest BCUT2D eigenvalue weighted by Crippen LogP contribution is 2.49. The molecule has 0 aliphatic carbocycles. The largest absolute Gasteiger partial charge is 0.367 e. The fourth-order valence-electron chi connectivity index (χ4n) is 4.14. The zero-order valence-corrected chi connectivity index (χ0v) is 14.1. The molecule has 5 rings (SSSR count). The minimum atomic E-state index is -0.807. The van der Waals surface area contributed by atoms with Crippen LogP contribution in [0.15, 0.2) is 48.0 Å². The van der Waals surface area contributed by atoms with Crippen molar-refractivity contribution in [3.8, 4) is 6.07 Å². The van der Waals surface area contributed by atoms with Crippen LogP contribution in [0.3, 0.4) is 0 Å². The molecule has 1 fully saturated rings. The molecule has 3 aromatic rings. The topological polar surface area (TPSA) is 69.0 Å². The molecule has 2 aromatic heterocycles. The van der Waals surface area contributed by atoms with Gasteiger partial charge in [-0.05, 0) is 29.1 Å². The maximum atomic E-state index is 12.9. The first-order valence-corrected chi connectivity index (χ1v) is 9.00. The lowest BCUT2D eigenvalue weighted by Crippen LogP contribution is -2.41. The summed E-state index contributed by atoms with van der Waals surface area (Å²) in [5.74, 6) is -0.460. The highest BCUT2D eigenvalue weighted by Gasteiger charge is 2.58. The summed E-state index contributed by atoms with van der Waals surface area (Å²) in [7, 11) is 0. The third-order valence-corrected chi connectivity index (χ3v) is 6.24. The van der Waals surface area contributed by atoms with Crippen LogP contribution < -0.4 is 10.2 Å². The van der Waals surface area contributed by atoms with E-state index in [1.165, 1.54) is 0 Å². The molecule has 1 aromatic carbocycles. The number of nitriles is 1. The van der Waals surface area contributed by atoms with Crippen LogP contribution in [0.1, 0.15) is 5.56 Å². The molecular formula is C19H14N4OS. The standard InChI is InChI=1S/C19H14N4OS/c20-9-12-10-23(16-5-7-21-15-6-8-25-17(15)16)11-19(12)13-3-1-2-4-14(13)22-18(19)24/h1-8,12H,10-11H2,(H,22,24). The number of carbonyl (C=O) groups is 1. The van der Waals surface area contributed by atoms with Crippen molar-refractivity contribution in [3.63, 3.8) is 0 Å². The van der Waals surface area contributed by atoms with Gasteiger partial charge in [-0.2, -0.15) is 5.26 Å². The second-order valence-electron chi connectivity index (χ2n) is 6.50. The van der Waals surface area contributed by atoms with Gasteiger partial charge in [0.1, 0.15) is 5.41 Å². The number of thiophene rings is 1. The second kappa shape index (κ2) is 5.04. The van der Waals surface area contributed by atoms with Crippen LogP contribution in [0.4, 0.5) is 11.4 Å². The first kappa shape index (κ1) is 14.4. The van der Waals surface area contributed by atoms with E-state index in [9.17, 15) is 10.1 Å². The molecule has 6 heteroatoms. The molecule has 2 aliphatic heterocycles. The number of aromatic nitrogens is 1. The average Bonchev–Trinajstić information content (AvgIpc) is 3.33. The van der Waals surface area contributed by atoms with Gasteiger partial charge in [0.2, 0.25) is 5.91 Å². The Morgan fingerprint density at radius 1 is 1.32 bits per heavy atom. The van der Waals surface area contributed by atoms with Crippen molar-refractivity contribution in [1.29, 1.82) is 5.26 Å². The van der Waals surface area contributed by atoms with Crippen LogP contribution in [0.5, 0.6) is 0 Å². The summed E-state index contributed by atoms with van der Waals surface area (Å²) in [5, 5.41) is 14.8. The molecule has 1 spiro atoms. The Balaban J connectivity index is 1.66. The van der Waals surface area contributed by atoms with Crippen molar-refractivity contribution in [1.82, 2.24) is 4.98 Å². The number of rotatable bonds is 1. The molecule has 0 bridgehead atoms. The monoisotopic (exact) mass is 346 g/mol. The highest BCUT2D eigenvalue weighted by atomic mass is 32.1. The van der Waals surface area contributed by atoms with Gasteiger partial charge in [0.05, 0.1) is 27.9 Å². The normalized spacial score (nSPS) is 24.5. The first-order chi connectivity index (χ1) is 12.2. The van der Waals surface area contributed by atoms with Crippen molar-refractivity contribution < 1.29 is 4.79 Å². The number of carbonyl (C=O) groups excluding carboxylic acids is 1. The van der Waals surface area contributed by atoms with Crippen LogP contribution in [0.25, 0.3) is 10.2 Å². The molecule has 2 aliphatic rings. The molecule has 2 unspecified atom stereocenters. The summed E-state index contributed by atoms with van der Waals surface area (Å²) >= 11 is 1.64. The number of amides is 1. The van der Waals surface area contributed by atoms with Crippen molar-refractivity contribution in [2.45, 2.75) is 5.41 Å². The fraction of sp³-hybridized carbons (Fsp3) is 0.211. The molecule has 1 N–H and O–H groups in total. The molecule has 5 nitrogen and oxygen atoms in total. The van der Waals surface area contributed by atoms with Gasteiger partial charge in [0.15, 0.2) is 0 Å². The third-order valence-electron chi connectivity index (χ3n) is 5.32. The van der Waals surface area contributed by atoms with E-state index in [0.717, 1.165) is 27.2 Å². The maximum Gasteiger partial charge on any atom is 0.238 e. The van der Waals surface area contributed by atoms with Crippen LogP contribution in [-0.4, -0.2) is 24.0 Å². The Labute approximate surface area is 148 Å². The average molecular weight is 346 g/mol. The first-order valence-electron chi connectivity index (χ1n) is 8.12. The number of hydrogen-bond acceptors (Lipinski definition) is 5. The van der Waals surface area contributed by atoms with Crippen LogP contribution >= 0.6 is 11.3 Å². The summed E-state index contributed by atoms with van der Waals surface area (Å²) in [4.78, 5) is 19.5. The third kappa shape index (κ3) is 1.81. The summed E-state index contributed by atoms with van der Waals surface area (Å²) in [6.45, 7) is 1.04. The van der Waals surface area contributed by atoms with E-state index < -0.39 is 5.41 Å². The minimum Gasteiger partial charge on any atom is -0.367 e. The van der Waals surface area contributed by atoms with Gasteiger partial charge in [-0.3, -0.25) is 9.78 Å². The van der Waals surface area contributed by atoms with E-state index >= 15 is 0 Å². The Kier molecular flexibility index (Phi) is 2.91. The zero-order chi connectivity index (χ0) is 17.0. The summed E-state index contributed by atoms with van der Waals surface area (Å²) < 4.78 is 1.10. The van der Waals surface area contributed by atoms with E-state index in [1.807, 2.05) is 41.8 Å². The smallest absolute Gasteiger partial charge is 0.238 e. The molecule has 4 heterocycles. The van der Waals surface area contributed by atoms with Gasteiger partial charge in [-0.1, -0.05) is 18.2 Å². The number of fused-ring (bicyclic) bond motifs is 3. The Bertz CT molecular complexity index is 1050. The second-order valence-corrected chi connectivity index (χ2v) is 7.41. The van der Waals surface area contributed by atoms with Crippen molar-refractivity contribution >= 4 is 38.8 Å². The molecule has 1 amide bonds. The quantitative estimate of drug-likeness (QED) is 0.735. The van der Waals surface area contributed by atoms with Gasteiger partial charge in [-0.25, -0.2) is 0 Å². The Hall–Kier alpha value is -2.91. The number of pyridine rings is 1. The predicted octanol–water partition coefficient (Wildman–Crippen LogP) is 3.15. The number of anilines is 2. The van der Waals surface area contributed by atoms with Crippen molar-refractivity contribution in [2.75, 3.05) is 23.3 Å². The number of para-hydroxylation sites is 1. The number of nitrogens with one attached hydrogen (secondary N) is 1. The molecule has 0 radical (unpaired) electrons. The van der Waals surface area contributed by atoms with Gasteiger partial charge in [-0.15, -0.1) is 11.3 Å². The van der Waals surface area contributed by atoms with E-state index in [0.29, 0.717) is 13.1 Å². The van der Waals surface area contributed by atoms with Crippen LogP contribution in [-0.2, 0) is 10.2 Å². The van der Waals surface area contributed by atoms with Gasteiger partial charge >= 0.3 is 0 Å². The molecular weight excluding hydrogens is 332 g/mol. The van der Waals surface area contributed by atoms with Gasteiger partial charge < -0.3 is 10.2 Å². The maximum absolute atomic E-state index is 12.9. The van der Waals surface area contributed by atoms with Crippen molar-refractivity contribution in [2.24, 2.45) is 5.92 Å². The van der Waals surface area contributed by atoms with Gasteiger partial charge in [0.25, 0.3) is 0 Å². The SMILES string of the molecule is N#CC1CN(c2ccnc3ccsc23)CC12C(=O)Nc1ccccc12. The van der Waals surface area contributed by atoms with Crippen LogP contribution in [0.2, 0.25) is 0 Å². The lowest BCUT2D eigenvalue weighted by Gasteiger charge is -2.25. The summed E-state index contributed by atoms with van der Waals surface area (Å²) in [6.07, 6.45) is 1.79. The number of hydrogen-bond donors (Lipinski definition) is 1. The van der Waals surface area contributed by atoms with E-state index in [-0.39, 0.29) is 11.8 Å². The highest BCUT2D eigenvalue weighted by molar-refractivity contribution is 7.17. The van der Waals surface area contributed by atoms with E-state index in [2.05, 4.69) is 21.3 Å². The predicted molar refractivity (Wildman–Crippen MR) is 97.7 cm³/mol. The number of nitrogens with zero attached hydrogens (tertiary/aromatic N) is 3. The van der Waals surface area contributed by atoms with E-state index in [1.54, 1.807) is 17.5 Å². The van der Waals surface area contributed by atoms with Crippen molar-refractivity contribution in [3.05, 3.63) is 53.5 Å². The van der Waals surface area contributed by atoms with Gasteiger partial charge in [0, 0.05) is 25.0 Å². The zero-order valence-electron chi connectivity index (χ0n) is 13.3. The number of benzene rings is 1. The molecule has 2 atom stereocenters. The summed E-state index contributed by atoms with van der Waals surface area (Å²) in [5.41, 5.74) is 2.96. The fourth-order valence-corrected chi connectivity index (χ4v) is 5.03. The lowest BCUT2D eigenvalue weighted by atomic mass is 9.74. The molecule has 0 saturated carbocycles. The summed E-state index contributed by atoms with van der Waals surface area (Å²) in [6, 6.07) is 14.1. The van der Waals surface area contributed by atoms with E-state index in [4.69, 9.17) is 0 Å². The molecule has 122 valence electrons. The lowest BCUT2D eigenvalue weighted by molar-refractivity contribution is -0.120. The van der Waals surface area contributed by atoms with Crippen LogP contribution in [0, 0.1) is 17.2 Å². The minimum absolute atomic E-state index is 0.0702. The Morgan fingerprint density at radius 3 is 3.08 bits per heavy atom. The Morgan fingerprint density at radius 2 is 2.20 bits per heavy atom. The molecule has 1 saturated heterocycles.